The molecule has 0 saturated carbocycles. The quantitative estimate of drug-likeness (QED) is 0.458. The molecular weight excluding hydrogens is 420 g/mol. The SMILES string of the molecule is CCc1ccc(N2NC(=O)/C(=C/c3ccc(-c4ccc(Cl)c(C(=O)O)c4)o3)C2=O)cc1. The van der Waals surface area contributed by atoms with Gasteiger partial charge in [0.15, 0.2) is 0 Å². The minimum atomic E-state index is -1.15. The molecule has 2 aromatic carbocycles. The number of hydrazine groups is 1. The second-order valence-corrected chi connectivity index (χ2v) is 7.27. The predicted octanol–water partition coefficient (Wildman–Crippen LogP) is 4.32. The van der Waals surface area contributed by atoms with Gasteiger partial charge in [0, 0.05) is 5.56 Å². The average molecular weight is 437 g/mol. The third kappa shape index (κ3) is 3.95. The first-order valence-electron chi connectivity index (χ1n) is 9.46. The van der Waals surface area contributed by atoms with Crippen molar-refractivity contribution < 1.29 is 23.9 Å². The standard InChI is InChI=1S/C23H17ClN2O5/c1-2-13-3-6-15(7-4-13)26-22(28)18(21(27)25-26)12-16-8-10-20(31-16)14-5-9-19(24)17(11-14)23(29)30/h3-12H,2H2,1H3,(H,25,27)(H,29,30)/b18-12-. The van der Waals surface area contributed by atoms with Gasteiger partial charge in [-0.05, 0) is 60.5 Å². The van der Waals surface area contributed by atoms with Crippen molar-refractivity contribution in [2.24, 2.45) is 0 Å². The van der Waals surface area contributed by atoms with Gasteiger partial charge in [-0.3, -0.25) is 15.0 Å². The van der Waals surface area contributed by atoms with Crippen LogP contribution in [-0.2, 0) is 16.0 Å². The van der Waals surface area contributed by atoms with Gasteiger partial charge in [-0.1, -0.05) is 30.7 Å². The maximum absolute atomic E-state index is 12.8. The molecule has 1 saturated heterocycles. The fourth-order valence-corrected chi connectivity index (χ4v) is 3.39. The molecule has 0 spiro atoms. The molecule has 4 rings (SSSR count). The fraction of sp³-hybridized carbons (Fsp3) is 0.0870. The number of carboxylic acid groups (broad SMARTS) is 1. The molecule has 156 valence electrons. The topological polar surface area (TPSA) is 99.8 Å². The Balaban J connectivity index is 1.60. The normalized spacial score (nSPS) is 14.9. The first kappa shape index (κ1) is 20.4. The number of hydrogen-bond donors (Lipinski definition) is 2. The number of nitrogens with one attached hydrogen (secondary N) is 1. The van der Waals surface area contributed by atoms with Gasteiger partial charge in [0.05, 0.1) is 16.3 Å². The Morgan fingerprint density at radius 1 is 1.13 bits per heavy atom. The predicted molar refractivity (Wildman–Crippen MR) is 116 cm³/mol. The van der Waals surface area contributed by atoms with Crippen LogP contribution in [0.25, 0.3) is 17.4 Å². The summed E-state index contributed by atoms with van der Waals surface area (Å²) in [6.45, 7) is 2.03. The Morgan fingerprint density at radius 3 is 2.55 bits per heavy atom. The molecule has 2 amide bonds. The summed E-state index contributed by atoms with van der Waals surface area (Å²) in [5.41, 5.74) is 4.61. The lowest BCUT2D eigenvalue weighted by Gasteiger charge is -2.14. The van der Waals surface area contributed by atoms with Crippen LogP contribution >= 0.6 is 11.6 Å². The zero-order valence-electron chi connectivity index (χ0n) is 16.4. The molecule has 0 radical (unpaired) electrons. The molecule has 8 heteroatoms. The first-order chi connectivity index (χ1) is 14.9. The monoisotopic (exact) mass is 436 g/mol. The van der Waals surface area contributed by atoms with Gasteiger partial charge >= 0.3 is 5.97 Å². The molecule has 2 N–H and O–H groups in total. The average Bonchev–Trinajstić information content (AvgIpc) is 3.34. The third-order valence-corrected chi connectivity index (χ3v) is 5.22. The Morgan fingerprint density at radius 2 is 1.87 bits per heavy atom. The van der Waals surface area contributed by atoms with Crippen LogP contribution in [0.15, 0.2) is 64.6 Å². The highest BCUT2D eigenvalue weighted by Crippen LogP contribution is 2.28. The smallest absolute Gasteiger partial charge is 0.337 e. The third-order valence-electron chi connectivity index (χ3n) is 4.89. The van der Waals surface area contributed by atoms with Crippen molar-refractivity contribution in [1.82, 2.24) is 5.43 Å². The van der Waals surface area contributed by atoms with E-state index in [9.17, 15) is 19.5 Å². The number of aromatic carboxylic acids is 1. The van der Waals surface area contributed by atoms with E-state index in [0.717, 1.165) is 12.0 Å². The number of aryl methyl sites for hydroxylation is 1. The van der Waals surface area contributed by atoms with Crippen molar-refractivity contribution >= 4 is 41.1 Å². The zero-order chi connectivity index (χ0) is 22.1. The number of halogens is 1. The van der Waals surface area contributed by atoms with E-state index in [2.05, 4.69) is 5.43 Å². The summed E-state index contributed by atoms with van der Waals surface area (Å²) in [6.07, 6.45) is 2.23. The van der Waals surface area contributed by atoms with Crippen molar-refractivity contribution in [2.75, 3.05) is 5.01 Å². The number of nitrogens with zero attached hydrogens (tertiary/aromatic N) is 1. The molecule has 0 atom stereocenters. The Labute approximate surface area is 182 Å². The van der Waals surface area contributed by atoms with Crippen LogP contribution in [0.1, 0.15) is 28.6 Å². The lowest BCUT2D eigenvalue weighted by molar-refractivity contribution is -0.117. The molecule has 2 heterocycles. The van der Waals surface area contributed by atoms with Crippen molar-refractivity contribution in [1.29, 1.82) is 0 Å². The van der Waals surface area contributed by atoms with Crippen LogP contribution in [0.3, 0.4) is 0 Å². The molecule has 31 heavy (non-hydrogen) atoms. The van der Waals surface area contributed by atoms with E-state index in [-0.39, 0.29) is 21.9 Å². The number of furan rings is 1. The summed E-state index contributed by atoms with van der Waals surface area (Å²) >= 11 is 5.90. The summed E-state index contributed by atoms with van der Waals surface area (Å²) in [6, 6.07) is 15.0. The number of carbonyl (C=O) groups is 3. The Bertz CT molecular complexity index is 1230. The summed E-state index contributed by atoms with van der Waals surface area (Å²) in [5.74, 6) is -1.53. The van der Waals surface area contributed by atoms with Gasteiger partial charge in [0.1, 0.15) is 17.1 Å². The lowest BCUT2D eigenvalue weighted by Crippen LogP contribution is -2.35. The van der Waals surface area contributed by atoms with Gasteiger partial charge < -0.3 is 9.52 Å². The molecule has 0 unspecified atom stereocenters. The molecule has 0 aliphatic carbocycles. The highest BCUT2D eigenvalue weighted by Gasteiger charge is 2.34. The molecule has 1 aliphatic rings. The number of anilines is 1. The second kappa shape index (κ2) is 8.12. The minimum Gasteiger partial charge on any atom is -0.478 e. The van der Waals surface area contributed by atoms with E-state index in [1.807, 2.05) is 19.1 Å². The van der Waals surface area contributed by atoms with E-state index in [1.165, 1.54) is 23.2 Å². The highest BCUT2D eigenvalue weighted by molar-refractivity contribution is 6.33. The lowest BCUT2D eigenvalue weighted by atomic mass is 10.1. The molecule has 7 nitrogen and oxygen atoms in total. The summed E-state index contributed by atoms with van der Waals surface area (Å²) in [4.78, 5) is 36.4. The van der Waals surface area contributed by atoms with E-state index in [4.69, 9.17) is 16.0 Å². The summed E-state index contributed by atoms with van der Waals surface area (Å²) < 4.78 is 5.71. The number of benzene rings is 2. The van der Waals surface area contributed by atoms with Crippen molar-refractivity contribution in [3.63, 3.8) is 0 Å². The van der Waals surface area contributed by atoms with Crippen LogP contribution < -0.4 is 10.4 Å². The van der Waals surface area contributed by atoms with Gasteiger partial charge in [-0.25, -0.2) is 9.80 Å². The number of carbonyl (C=O) groups excluding carboxylic acids is 2. The maximum atomic E-state index is 12.8. The van der Waals surface area contributed by atoms with Crippen molar-refractivity contribution in [2.45, 2.75) is 13.3 Å². The minimum absolute atomic E-state index is 0.0504. The largest absolute Gasteiger partial charge is 0.478 e. The van der Waals surface area contributed by atoms with E-state index >= 15 is 0 Å². The Hall–Kier alpha value is -3.84. The maximum Gasteiger partial charge on any atom is 0.337 e. The summed E-state index contributed by atoms with van der Waals surface area (Å²) in [5, 5.41) is 10.5. The van der Waals surface area contributed by atoms with Crippen LogP contribution in [-0.4, -0.2) is 22.9 Å². The van der Waals surface area contributed by atoms with Crippen molar-refractivity contribution in [3.8, 4) is 11.3 Å². The molecule has 1 aliphatic heterocycles. The number of rotatable bonds is 5. The fourth-order valence-electron chi connectivity index (χ4n) is 3.19. The number of carboxylic acids is 1. The van der Waals surface area contributed by atoms with E-state index in [1.54, 1.807) is 30.3 Å². The van der Waals surface area contributed by atoms with Crippen molar-refractivity contribution in [3.05, 3.63) is 82.1 Å². The van der Waals surface area contributed by atoms with Crippen LogP contribution in [0.2, 0.25) is 5.02 Å². The molecular formula is C23H17ClN2O5. The molecule has 1 aromatic heterocycles. The van der Waals surface area contributed by atoms with Crippen LogP contribution in [0.5, 0.6) is 0 Å². The number of amides is 2. The van der Waals surface area contributed by atoms with Gasteiger partial charge in [0.2, 0.25) is 0 Å². The zero-order valence-corrected chi connectivity index (χ0v) is 17.1. The summed E-state index contributed by atoms with van der Waals surface area (Å²) in [7, 11) is 0. The second-order valence-electron chi connectivity index (χ2n) is 6.86. The molecule has 0 bridgehead atoms. The van der Waals surface area contributed by atoms with E-state index in [0.29, 0.717) is 17.0 Å². The molecule has 3 aromatic rings. The first-order valence-corrected chi connectivity index (χ1v) is 9.84. The number of hydrogen-bond acceptors (Lipinski definition) is 4. The van der Waals surface area contributed by atoms with E-state index < -0.39 is 17.8 Å². The van der Waals surface area contributed by atoms with Gasteiger partial charge in [-0.2, -0.15) is 0 Å². The van der Waals surface area contributed by atoms with Gasteiger partial charge in [-0.15, -0.1) is 0 Å². The van der Waals surface area contributed by atoms with Gasteiger partial charge in [0.25, 0.3) is 11.8 Å². The molecule has 1 fully saturated rings. The van der Waals surface area contributed by atoms with Crippen LogP contribution in [0.4, 0.5) is 5.69 Å². The Kier molecular flexibility index (Phi) is 5.35. The van der Waals surface area contributed by atoms with Crippen LogP contribution in [0, 0.1) is 0 Å². The highest BCUT2D eigenvalue weighted by atomic mass is 35.5.